The van der Waals surface area contributed by atoms with Gasteiger partial charge in [0.2, 0.25) is 0 Å². The van der Waals surface area contributed by atoms with E-state index in [0.717, 1.165) is 22.5 Å². The quantitative estimate of drug-likeness (QED) is 0.867. The minimum absolute atomic E-state index is 0.547. The van der Waals surface area contributed by atoms with Crippen molar-refractivity contribution in [3.8, 4) is 0 Å². The highest BCUT2D eigenvalue weighted by Gasteiger charge is 2.28. The Labute approximate surface area is 122 Å². The third-order valence-electron chi connectivity index (χ3n) is 4.31. The van der Waals surface area contributed by atoms with E-state index in [1.165, 1.54) is 24.9 Å². The number of hydrogen-bond acceptors (Lipinski definition) is 2. The van der Waals surface area contributed by atoms with Gasteiger partial charge in [-0.15, -0.1) is 0 Å². The first kappa shape index (κ1) is 14.5. The maximum Gasteiger partial charge on any atom is 0.0597 e. The molecule has 1 N–H and O–H groups in total. The summed E-state index contributed by atoms with van der Waals surface area (Å²) in [5.41, 5.74) is 2.36. The zero-order chi connectivity index (χ0) is 14.0. The number of hydrogen-bond donors (Lipinski definition) is 1. The molecule has 2 rings (SSSR count). The molecule has 1 aliphatic rings. The Morgan fingerprint density at radius 3 is 2.37 bits per heavy atom. The number of halogens is 1. The normalized spacial score (nSPS) is 27.1. The summed E-state index contributed by atoms with van der Waals surface area (Å²) in [5, 5.41) is 4.54. The van der Waals surface area contributed by atoms with Crippen LogP contribution in [0, 0.1) is 11.8 Å². The molecule has 0 bridgehead atoms. The van der Waals surface area contributed by atoms with E-state index in [1.807, 2.05) is 12.1 Å². The Balaban J connectivity index is 2.24. The maximum atomic E-state index is 6.15. The number of rotatable bonds is 3. The van der Waals surface area contributed by atoms with Crippen molar-refractivity contribution in [2.24, 2.45) is 11.8 Å². The second-order valence-electron chi connectivity index (χ2n) is 6.11. The summed E-state index contributed by atoms with van der Waals surface area (Å²) in [7, 11) is 4.14. The lowest BCUT2D eigenvalue weighted by atomic mass is 9.78. The number of nitrogens with zero attached hydrogens (tertiary/aromatic N) is 1. The van der Waals surface area contributed by atoms with E-state index in [1.54, 1.807) is 0 Å². The van der Waals surface area contributed by atoms with Crippen molar-refractivity contribution >= 4 is 23.0 Å². The van der Waals surface area contributed by atoms with Crippen LogP contribution in [0.25, 0.3) is 0 Å². The standard InChI is InChI=1S/C16H25ClN2/c1-11-6-5-7-12(2)16(11)18-14-10-13(17)8-9-15(14)19(3)4/h8-12,16,18H,5-7H2,1-4H3. The molecule has 0 spiro atoms. The van der Waals surface area contributed by atoms with E-state index >= 15 is 0 Å². The highest BCUT2D eigenvalue weighted by atomic mass is 35.5. The van der Waals surface area contributed by atoms with Crippen LogP contribution < -0.4 is 10.2 Å². The smallest absolute Gasteiger partial charge is 0.0597 e. The van der Waals surface area contributed by atoms with Gasteiger partial charge in [0, 0.05) is 25.2 Å². The fourth-order valence-corrected chi connectivity index (χ4v) is 3.33. The molecular formula is C16H25ClN2. The Kier molecular flexibility index (Phi) is 4.62. The first-order valence-corrected chi connectivity index (χ1v) is 7.60. The lowest BCUT2D eigenvalue weighted by molar-refractivity contribution is 0.268. The van der Waals surface area contributed by atoms with Gasteiger partial charge >= 0.3 is 0 Å². The molecule has 3 heteroatoms. The zero-order valence-electron chi connectivity index (χ0n) is 12.4. The predicted molar refractivity (Wildman–Crippen MR) is 85.4 cm³/mol. The zero-order valence-corrected chi connectivity index (χ0v) is 13.2. The third kappa shape index (κ3) is 3.36. The van der Waals surface area contributed by atoms with Gasteiger partial charge in [-0.3, -0.25) is 0 Å². The van der Waals surface area contributed by atoms with E-state index in [4.69, 9.17) is 11.6 Å². The van der Waals surface area contributed by atoms with Gasteiger partial charge in [-0.2, -0.15) is 0 Å². The van der Waals surface area contributed by atoms with Gasteiger partial charge in [0.1, 0.15) is 0 Å². The molecule has 0 aromatic heterocycles. The molecule has 1 aliphatic carbocycles. The topological polar surface area (TPSA) is 15.3 Å². The lowest BCUT2D eigenvalue weighted by Crippen LogP contribution is -2.37. The van der Waals surface area contributed by atoms with Crippen molar-refractivity contribution in [3.05, 3.63) is 23.2 Å². The summed E-state index contributed by atoms with van der Waals surface area (Å²) < 4.78 is 0. The van der Waals surface area contributed by atoms with Crippen molar-refractivity contribution in [1.82, 2.24) is 0 Å². The van der Waals surface area contributed by atoms with Gasteiger partial charge < -0.3 is 10.2 Å². The molecule has 2 unspecified atom stereocenters. The van der Waals surface area contributed by atoms with Crippen LogP contribution in [0.2, 0.25) is 5.02 Å². The summed E-state index contributed by atoms with van der Waals surface area (Å²) >= 11 is 6.15. The van der Waals surface area contributed by atoms with Crippen molar-refractivity contribution in [2.75, 3.05) is 24.3 Å². The van der Waals surface area contributed by atoms with Crippen LogP contribution in [0.4, 0.5) is 11.4 Å². The van der Waals surface area contributed by atoms with Gasteiger partial charge in [-0.05, 0) is 42.9 Å². The first-order valence-electron chi connectivity index (χ1n) is 7.22. The monoisotopic (exact) mass is 280 g/mol. The second-order valence-corrected chi connectivity index (χ2v) is 6.55. The molecule has 0 saturated heterocycles. The van der Waals surface area contributed by atoms with Crippen molar-refractivity contribution in [3.63, 3.8) is 0 Å². The molecule has 0 radical (unpaired) electrons. The van der Waals surface area contributed by atoms with Crippen LogP contribution in [-0.4, -0.2) is 20.1 Å². The largest absolute Gasteiger partial charge is 0.380 e. The minimum Gasteiger partial charge on any atom is -0.380 e. The highest BCUT2D eigenvalue weighted by molar-refractivity contribution is 6.31. The lowest BCUT2D eigenvalue weighted by Gasteiger charge is -2.36. The van der Waals surface area contributed by atoms with Gasteiger partial charge in [0.15, 0.2) is 0 Å². The van der Waals surface area contributed by atoms with Crippen LogP contribution in [0.1, 0.15) is 33.1 Å². The molecule has 19 heavy (non-hydrogen) atoms. The molecule has 1 aromatic carbocycles. The van der Waals surface area contributed by atoms with E-state index in [-0.39, 0.29) is 0 Å². The molecular weight excluding hydrogens is 256 g/mol. The number of nitrogens with one attached hydrogen (secondary N) is 1. The van der Waals surface area contributed by atoms with E-state index in [9.17, 15) is 0 Å². The molecule has 1 saturated carbocycles. The molecule has 0 amide bonds. The first-order chi connectivity index (χ1) is 8.99. The minimum atomic E-state index is 0.547. The molecule has 0 aliphatic heterocycles. The average Bonchev–Trinajstić information content (AvgIpc) is 2.33. The van der Waals surface area contributed by atoms with Crippen molar-refractivity contribution in [2.45, 2.75) is 39.2 Å². The highest BCUT2D eigenvalue weighted by Crippen LogP contribution is 2.35. The number of benzene rings is 1. The summed E-state index contributed by atoms with van der Waals surface area (Å²) in [6, 6.07) is 6.63. The van der Waals surface area contributed by atoms with Gasteiger partial charge in [0.05, 0.1) is 11.4 Å². The fraction of sp³-hybridized carbons (Fsp3) is 0.625. The van der Waals surface area contributed by atoms with Crippen LogP contribution in [0.5, 0.6) is 0 Å². The Bertz CT molecular complexity index is 421. The van der Waals surface area contributed by atoms with Crippen molar-refractivity contribution in [1.29, 1.82) is 0 Å². The van der Waals surface area contributed by atoms with Crippen LogP contribution >= 0.6 is 11.6 Å². The van der Waals surface area contributed by atoms with Gasteiger partial charge in [0.25, 0.3) is 0 Å². The van der Waals surface area contributed by atoms with Crippen LogP contribution in [-0.2, 0) is 0 Å². The number of anilines is 2. The maximum absolute atomic E-state index is 6.15. The van der Waals surface area contributed by atoms with Crippen molar-refractivity contribution < 1.29 is 0 Å². The molecule has 1 fully saturated rings. The SMILES string of the molecule is CC1CCCC(C)C1Nc1cc(Cl)ccc1N(C)C. The van der Waals surface area contributed by atoms with E-state index in [0.29, 0.717) is 6.04 Å². The van der Waals surface area contributed by atoms with Gasteiger partial charge in [-0.25, -0.2) is 0 Å². The van der Waals surface area contributed by atoms with E-state index in [2.05, 4.69) is 44.2 Å². The average molecular weight is 281 g/mol. The summed E-state index contributed by atoms with van der Waals surface area (Å²) in [6.07, 6.45) is 4.00. The Morgan fingerprint density at radius 2 is 1.79 bits per heavy atom. The summed E-state index contributed by atoms with van der Waals surface area (Å²) in [4.78, 5) is 2.14. The van der Waals surface area contributed by atoms with Gasteiger partial charge in [-0.1, -0.05) is 31.9 Å². The molecule has 2 atom stereocenters. The Morgan fingerprint density at radius 1 is 1.16 bits per heavy atom. The fourth-order valence-electron chi connectivity index (χ4n) is 3.16. The van der Waals surface area contributed by atoms with Crippen LogP contribution in [0.15, 0.2) is 18.2 Å². The summed E-state index contributed by atoms with van der Waals surface area (Å²) in [6.45, 7) is 4.71. The molecule has 106 valence electrons. The molecule has 2 nitrogen and oxygen atoms in total. The Hall–Kier alpha value is -0.890. The van der Waals surface area contributed by atoms with Crippen LogP contribution in [0.3, 0.4) is 0 Å². The molecule has 1 aromatic rings. The second kappa shape index (κ2) is 6.04. The van der Waals surface area contributed by atoms with E-state index < -0.39 is 0 Å². The molecule has 0 heterocycles. The summed E-state index contributed by atoms with van der Waals surface area (Å²) in [5.74, 6) is 1.44. The predicted octanol–water partition coefficient (Wildman–Crippen LogP) is 4.64. The third-order valence-corrected chi connectivity index (χ3v) is 4.54.